The van der Waals surface area contributed by atoms with Crippen molar-refractivity contribution in [2.45, 2.75) is 20.4 Å². The molecule has 0 atom stereocenters. The first-order valence-corrected chi connectivity index (χ1v) is 7.05. The molecule has 0 aliphatic heterocycles. The van der Waals surface area contributed by atoms with Crippen LogP contribution in [0.1, 0.15) is 16.8 Å². The van der Waals surface area contributed by atoms with Gasteiger partial charge in [0, 0.05) is 33.7 Å². The monoisotopic (exact) mass is 284 g/mol. The van der Waals surface area contributed by atoms with Gasteiger partial charge in [0.05, 0.1) is 0 Å². The van der Waals surface area contributed by atoms with Crippen molar-refractivity contribution >= 4 is 22.5 Å². The number of aromatic nitrogens is 1. The lowest BCUT2D eigenvalue weighted by Gasteiger charge is -2.07. The van der Waals surface area contributed by atoms with Gasteiger partial charge in [-0.05, 0) is 48.7 Å². The molecule has 2 aromatic carbocycles. The summed E-state index contributed by atoms with van der Waals surface area (Å²) in [4.78, 5) is 3.39. The highest BCUT2D eigenvalue weighted by atomic mass is 35.5. The van der Waals surface area contributed by atoms with Crippen LogP contribution in [-0.4, -0.2) is 4.98 Å². The number of nitrogens with one attached hydrogen (secondary N) is 1. The Hall–Kier alpha value is -1.77. The normalized spacial score (nSPS) is 11.2. The molecule has 0 bridgehead atoms. The third kappa shape index (κ3) is 2.11. The molecule has 0 radical (unpaired) electrons. The van der Waals surface area contributed by atoms with E-state index in [9.17, 15) is 0 Å². The van der Waals surface area contributed by atoms with Gasteiger partial charge < -0.3 is 10.7 Å². The fourth-order valence-corrected chi connectivity index (χ4v) is 2.77. The molecule has 0 saturated heterocycles. The van der Waals surface area contributed by atoms with E-state index >= 15 is 0 Å². The third-order valence-electron chi connectivity index (χ3n) is 3.84. The molecule has 3 rings (SSSR count). The van der Waals surface area contributed by atoms with E-state index < -0.39 is 0 Å². The van der Waals surface area contributed by atoms with Crippen molar-refractivity contribution in [3.05, 3.63) is 58.2 Å². The Morgan fingerprint density at radius 1 is 1.05 bits per heavy atom. The lowest BCUT2D eigenvalue weighted by Crippen LogP contribution is -1.98. The van der Waals surface area contributed by atoms with Gasteiger partial charge in [-0.1, -0.05) is 29.8 Å². The molecule has 0 fully saturated rings. The number of benzene rings is 2. The number of H-pyrrole nitrogens is 1. The topological polar surface area (TPSA) is 41.8 Å². The average molecular weight is 285 g/mol. The summed E-state index contributed by atoms with van der Waals surface area (Å²) in [6.45, 7) is 4.73. The van der Waals surface area contributed by atoms with Crippen molar-refractivity contribution in [2.75, 3.05) is 0 Å². The number of halogens is 1. The van der Waals surface area contributed by atoms with Gasteiger partial charge in [0.2, 0.25) is 0 Å². The van der Waals surface area contributed by atoms with E-state index in [4.69, 9.17) is 17.3 Å². The summed E-state index contributed by atoms with van der Waals surface area (Å²) in [6.07, 6.45) is 0. The maximum atomic E-state index is 6.14. The number of fused-ring (bicyclic) bond motifs is 1. The Labute approximate surface area is 123 Å². The van der Waals surface area contributed by atoms with Gasteiger partial charge in [0.25, 0.3) is 0 Å². The maximum Gasteiger partial charge on any atom is 0.0463 e. The van der Waals surface area contributed by atoms with Gasteiger partial charge in [-0.25, -0.2) is 0 Å². The third-order valence-corrected chi connectivity index (χ3v) is 4.07. The first kappa shape index (κ1) is 13.2. The molecular formula is C17H17ClN2. The van der Waals surface area contributed by atoms with Gasteiger partial charge >= 0.3 is 0 Å². The summed E-state index contributed by atoms with van der Waals surface area (Å²) in [5.74, 6) is 0. The number of nitrogens with two attached hydrogens (primary N) is 1. The second-order valence-electron chi connectivity index (χ2n) is 5.17. The van der Waals surface area contributed by atoms with Gasteiger partial charge in [0.1, 0.15) is 0 Å². The summed E-state index contributed by atoms with van der Waals surface area (Å²) < 4.78 is 0. The smallest absolute Gasteiger partial charge is 0.0463 e. The predicted molar refractivity (Wildman–Crippen MR) is 86.1 cm³/mol. The molecule has 3 heteroatoms. The summed E-state index contributed by atoms with van der Waals surface area (Å²) >= 11 is 6.14. The van der Waals surface area contributed by atoms with Crippen molar-refractivity contribution in [1.82, 2.24) is 4.98 Å². The molecule has 20 heavy (non-hydrogen) atoms. The van der Waals surface area contributed by atoms with Crippen LogP contribution in [0.3, 0.4) is 0 Å². The zero-order valence-electron chi connectivity index (χ0n) is 11.6. The summed E-state index contributed by atoms with van der Waals surface area (Å²) in [5.41, 5.74) is 12.9. The molecule has 0 aliphatic carbocycles. The lowest BCUT2D eigenvalue weighted by atomic mass is 9.98. The average Bonchev–Trinajstić information content (AvgIpc) is 2.79. The zero-order valence-corrected chi connectivity index (χ0v) is 12.4. The Morgan fingerprint density at radius 2 is 1.85 bits per heavy atom. The quantitative estimate of drug-likeness (QED) is 0.711. The van der Waals surface area contributed by atoms with Crippen LogP contribution in [0.25, 0.3) is 22.0 Å². The fraction of sp³-hybridized carbons (Fsp3) is 0.176. The Balaban J connectivity index is 2.32. The van der Waals surface area contributed by atoms with Crippen LogP contribution in [0.4, 0.5) is 0 Å². The van der Waals surface area contributed by atoms with E-state index in [1.165, 1.54) is 16.7 Å². The van der Waals surface area contributed by atoms with E-state index in [1.54, 1.807) is 0 Å². The number of aryl methyl sites for hydroxylation is 2. The minimum absolute atomic E-state index is 0.481. The molecule has 1 aromatic heterocycles. The van der Waals surface area contributed by atoms with Crippen molar-refractivity contribution in [2.24, 2.45) is 5.73 Å². The van der Waals surface area contributed by atoms with Crippen molar-refractivity contribution < 1.29 is 0 Å². The van der Waals surface area contributed by atoms with E-state index in [-0.39, 0.29) is 0 Å². The van der Waals surface area contributed by atoms with E-state index in [0.717, 1.165) is 27.2 Å². The molecule has 3 N–H and O–H groups in total. The minimum Gasteiger partial charge on any atom is -0.357 e. The summed E-state index contributed by atoms with van der Waals surface area (Å²) in [6, 6.07) is 12.4. The number of hydrogen-bond acceptors (Lipinski definition) is 1. The molecule has 0 unspecified atom stereocenters. The van der Waals surface area contributed by atoms with E-state index in [0.29, 0.717) is 6.54 Å². The van der Waals surface area contributed by atoms with Gasteiger partial charge in [-0.15, -0.1) is 0 Å². The van der Waals surface area contributed by atoms with Crippen LogP contribution >= 0.6 is 11.6 Å². The highest BCUT2D eigenvalue weighted by molar-refractivity contribution is 6.31. The molecular weight excluding hydrogens is 268 g/mol. The maximum absolute atomic E-state index is 6.14. The minimum atomic E-state index is 0.481. The second-order valence-corrected chi connectivity index (χ2v) is 5.61. The standard InChI is InChI=1S/C17H17ClN2/c1-10-3-4-12(7-11(10)2)17-14-8-13(18)5-6-15(14)20-16(17)9-19/h3-8,20H,9,19H2,1-2H3. The van der Waals surface area contributed by atoms with Crippen LogP contribution < -0.4 is 5.73 Å². The number of rotatable bonds is 2. The Kier molecular flexibility index (Phi) is 3.28. The van der Waals surface area contributed by atoms with E-state index in [2.05, 4.69) is 37.0 Å². The molecule has 3 aromatic rings. The fourth-order valence-electron chi connectivity index (χ4n) is 2.60. The first-order valence-electron chi connectivity index (χ1n) is 6.68. The number of aromatic amines is 1. The van der Waals surface area contributed by atoms with Crippen LogP contribution in [0.15, 0.2) is 36.4 Å². The highest BCUT2D eigenvalue weighted by Crippen LogP contribution is 2.34. The Morgan fingerprint density at radius 3 is 2.55 bits per heavy atom. The SMILES string of the molecule is Cc1ccc(-c2c(CN)[nH]c3ccc(Cl)cc23)cc1C. The molecule has 2 nitrogen and oxygen atoms in total. The van der Waals surface area contributed by atoms with E-state index in [1.807, 2.05) is 18.2 Å². The lowest BCUT2D eigenvalue weighted by molar-refractivity contribution is 1.02. The van der Waals surface area contributed by atoms with Crippen molar-refractivity contribution in [1.29, 1.82) is 0 Å². The summed E-state index contributed by atoms with van der Waals surface area (Å²) in [7, 11) is 0. The molecule has 0 spiro atoms. The molecule has 1 heterocycles. The van der Waals surface area contributed by atoms with Crippen LogP contribution in [0, 0.1) is 13.8 Å². The predicted octanol–water partition coefficient (Wildman–Crippen LogP) is 4.56. The van der Waals surface area contributed by atoms with Crippen LogP contribution in [0.2, 0.25) is 5.02 Å². The zero-order chi connectivity index (χ0) is 14.3. The first-order chi connectivity index (χ1) is 9.60. The molecule has 0 aliphatic rings. The Bertz CT molecular complexity index is 787. The van der Waals surface area contributed by atoms with Crippen molar-refractivity contribution in [3.8, 4) is 11.1 Å². The molecule has 0 saturated carbocycles. The van der Waals surface area contributed by atoms with Gasteiger partial charge in [0.15, 0.2) is 0 Å². The molecule has 0 amide bonds. The molecule has 102 valence electrons. The van der Waals surface area contributed by atoms with Crippen molar-refractivity contribution in [3.63, 3.8) is 0 Å². The number of hydrogen-bond donors (Lipinski definition) is 2. The van der Waals surface area contributed by atoms with Gasteiger partial charge in [-0.2, -0.15) is 0 Å². The van der Waals surface area contributed by atoms with Crippen LogP contribution in [0.5, 0.6) is 0 Å². The van der Waals surface area contributed by atoms with Gasteiger partial charge in [-0.3, -0.25) is 0 Å². The van der Waals surface area contributed by atoms with Crippen LogP contribution in [-0.2, 0) is 6.54 Å². The second kappa shape index (κ2) is 4.97. The highest BCUT2D eigenvalue weighted by Gasteiger charge is 2.13. The summed E-state index contributed by atoms with van der Waals surface area (Å²) in [5, 5.41) is 1.87. The largest absolute Gasteiger partial charge is 0.357 e.